The molecule has 0 spiro atoms. The predicted octanol–water partition coefficient (Wildman–Crippen LogP) is 3.00. The van der Waals surface area contributed by atoms with Crippen LogP contribution in [0.1, 0.15) is 68.6 Å². The summed E-state index contributed by atoms with van der Waals surface area (Å²) in [6.07, 6.45) is 7.52. The van der Waals surface area contributed by atoms with Crippen LogP contribution in [-0.2, 0) is 5.60 Å². The number of hydrogen-bond acceptors (Lipinski definition) is 3. The predicted molar refractivity (Wildman–Crippen MR) is 81.3 cm³/mol. The highest BCUT2D eigenvalue weighted by Gasteiger charge is 2.29. The van der Waals surface area contributed by atoms with Gasteiger partial charge in [0.1, 0.15) is 0 Å². The van der Waals surface area contributed by atoms with Crippen LogP contribution in [0.15, 0.2) is 24.3 Å². The molecule has 0 radical (unpaired) electrons. The first-order valence-corrected chi connectivity index (χ1v) is 7.87. The summed E-state index contributed by atoms with van der Waals surface area (Å²) < 4.78 is 0. The molecule has 0 heterocycles. The van der Waals surface area contributed by atoms with Gasteiger partial charge in [0.2, 0.25) is 0 Å². The average Bonchev–Trinajstić information content (AvgIpc) is 2.44. The zero-order valence-electron chi connectivity index (χ0n) is 12.2. The van der Waals surface area contributed by atoms with Crippen LogP contribution < -0.4 is 5.73 Å². The Morgan fingerprint density at radius 2 is 1.75 bits per heavy atom. The minimum Gasteiger partial charge on any atom is -0.388 e. The highest BCUT2D eigenvalue weighted by molar-refractivity contribution is 5.29. The Kier molecular flexibility index (Phi) is 5.58. The Bertz CT molecular complexity index is 411. The largest absolute Gasteiger partial charge is 0.388 e. The molecular formula is C17H27NO2. The molecule has 1 saturated carbocycles. The number of aliphatic hydroxyl groups is 2. The fourth-order valence-electron chi connectivity index (χ4n) is 3.14. The maximum absolute atomic E-state index is 11.0. The molecule has 1 aliphatic rings. The lowest BCUT2D eigenvalue weighted by atomic mass is 9.81. The van der Waals surface area contributed by atoms with Crippen LogP contribution in [0.2, 0.25) is 0 Å². The number of rotatable bonds is 4. The lowest BCUT2D eigenvalue weighted by Crippen LogP contribution is -2.27. The van der Waals surface area contributed by atoms with E-state index in [-0.39, 0.29) is 0 Å². The number of hydrogen-bond donors (Lipinski definition) is 3. The Hall–Kier alpha value is -0.900. The molecule has 20 heavy (non-hydrogen) atoms. The Labute approximate surface area is 121 Å². The van der Waals surface area contributed by atoms with Crippen molar-refractivity contribution in [1.29, 1.82) is 0 Å². The molecule has 1 atom stereocenters. The van der Waals surface area contributed by atoms with Gasteiger partial charge >= 0.3 is 0 Å². The zero-order chi connectivity index (χ0) is 14.4. The van der Waals surface area contributed by atoms with E-state index in [1.807, 2.05) is 24.3 Å². The van der Waals surface area contributed by atoms with Crippen LogP contribution in [0, 0.1) is 0 Å². The van der Waals surface area contributed by atoms with Crippen LogP contribution in [0.4, 0.5) is 0 Å². The number of aliphatic hydroxyl groups excluding tert-OH is 1. The van der Waals surface area contributed by atoms with Gasteiger partial charge in [-0.15, -0.1) is 0 Å². The van der Waals surface area contributed by atoms with Gasteiger partial charge in [-0.2, -0.15) is 0 Å². The fraction of sp³-hybridized carbons (Fsp3) is 0.647. The van der Waals surface area contributed by atoms with Gasteiger partial charge in [-0.1, -0.05) is 56.4 Å². The van der Waals surface area contributed by atoms with Crippen molar-refractivity contribution in [2.24, 2.45) is 5.73 Å². The smallest absolute Gasteiger partial charge is 0.0896 e. The van der Waals surface area contributed by atoms with Crippen molar-refractivity contribution in [1.82, 2.24) is 0 Å². The van der Waals surface area contributed by atoms with E-state index in [0.717, 1.165) is 36.8 Å². The molecule has 4 N–H and O–H groups in total. The summed E-state index contributed by atoms with van der Waals surface area (Å²) in [5.41, 5.74) is 6.60. The summed E-state index contributed by atoms with van der Waals surface area (Å²) in [5, 5.41) is 21.0. The molecule has 0 saturated heterocycles. The third-order valence-electron chi connectivity index (χ3n) is 4.43. The first-order valence-electron chi connectivity index (χ1n) is 7.87. The highest BCUT2D eigenvalue weighted by Crippen LogP contribution is 2.36. The molecule has 3 heteroatoms. The highest BCUT2D eigenvalue weighted by atomic mass is 16.3. The van der Waals surface area contributed by atoms with E-state index in [2.05, 4.69) is 0 Å². The van der Waals surface area contributed by atoms with Crippen LogP contribution in [0.3, 0.4) is 0 Å². The van der Waals surface area contributed by atoms with Crippen LogP contribution in [0.25, 0.3) is 0 Å². The molecule has 1 fully saturated rings. The van der Waals surface area contributed by atoms with Gasteiger partial charge in [-0.05, 0) is 36.9 Å². The standard InChI is InChI=1S/C17H27NO2/c18-12-9-16(19)14-7-6-8-15(13-14)17(20)10-4-2-1-3-5-11-17/h6-8,13,16,19-20H,1-5,9-12,18H2. The van der Waals surface area contributed by atoms with Crippen molar-refractivity contribution in [3.63, 3.8) is 0 Å². The van der Waals surface area contributed by atoms with E-state index < -0.39 is 11.7 Å². The number of benzene rings is 1. The summed E-state index contributed by atoms with van der Waals surface area (Å²) in [6, 6.07) is 7.79. The molecule has 0 amide bonds. The molecule has 1 aromatic rings. The van der Waals surface area contributed by atoms with Crippen molar-refractivity contribution in [2.45, 2.75) is 63.1 Å². The second-order valence-electron chi connectivity index (χ2n) is 6.02. The van der Waals surface area contributed by atoms with Gasteiger partial charge in [0, 0.05) is 0 Å². The fourth-order valence-corrected chi connectivity index (χ4v) is 3.14. The Morgan fingerprint density at radius 3 is 2.40 bits per heavy atom. The van der Waals surface area contributed by atoms with Crippen molar-refractivity contribution in [3.8, 4) is 0 Å². The Morgan fingerprint density at radius 1 is 1.10 bits per heavy atom. The van der Waals surface area contributed by atoms with Crippen molar-refractivity contribution >= 4 is 0 Å². The zero-order valence-corrected chi connectivity index (χ0v) is 12.2. The molecule has 0 bridgehead atoms. The van der Waals surface area contributed by atoms with E-state index in [1.165, 1.54) is 19.3 Å². The summed E-state index contributed by atoms with van der Waals surface area (Å²) in [7, 11) is 0. The molecule has 2 rings (SSSR count). The van der Waals surface area contributed by atoms with Crippen molar-refractivity contribution < 1.29 is 10.2 Å². The minimum absolute atomic E-state index is 0.468. The number of nitrogens with two attached hydrogens (primary N) is 1. The first-order chi connectivity index (χ1) is 9.65. The third-order valence-corrected chi connectivity index (χ3v) is 4.43. The van der Waals surface area contributed by atoms with Gasteiger partial charge in [0.15, 0.2) is 0 Å². The molecule has 112 valence electrons. The molecule has 3 nitrogen and oxygen atoms in total. The third kappa shape index (κ3) is 3.81. The van der Waals surface area contributed by atoms with Gasteiger partial charge in [-0.3, -0.25) is 0 Å². The summed E-state index contributed by atoms with van der Waals surface area (Å²) in [4.78, 5) is 0. The monoisotopic (exact) mass is 277 g/mol. The van der Waals surface area contributed by atoms with E-state index in [4.69, 9.17) is 5.73 Å². The lowest BCUT2D eigenvalue weighted by molar-refractivity contribution is 0.00938. The van der Waals surface area contributed by atoms with Crippen molar-refractivity contribution in [2.75, 3.05) is 6.54 Å². The van der Waals surface area contributed by atoms with Crippen molar-refractivity contribution in [3.05, 3.63) is 35.4 Å². The van der Waals surface area contributed by atoms with Crippen LogP contribution in [-0.4, -0.2) is 16.8 Å². The quantitative estimate of drug-likeness (QED) is 0.792. The topological polar surface area (TPSA) is 66.5 Å². The van der Waals surface area contributed by atoms with Crippen LogP contribution >= 0.6 is 0 Å². The van der Waals surface area contributed by atoms with E-state index in [0.29, 0.717) is 13.0 Å². The maximum Gasteiger partial charge on any atom is 0.0896 e. The molecule has 1 aromatic carbocycles. The van der Waals surface area contributed by atoms with Gasteiger partial charge in [0.25, 0.3) is 0 Å². The normalized spacial score (nSPS) is 20.9. The molecule has 0 aromatic heterocycles. The average molecular weight is 277 g/mol. The molecule has 1 aliphatic carbocycles. The summed E-state index contributed by atoms with van der Waals surface area (Å²) in [6.45, 7) is 0.468. The van der Waals surface area contributed by atoms with Gasteiger partial charge in [-0.25, -0.2) is 0 Å². The van der Waals surface area contributed by atoms with E-state index >= 15 is 0 Å². The molecular weight excluding hydrogens is 250 g/mol. The summed E-state index contributed by atoms with van der Waals surface area (Å²) >= 11 is 0. The lowest BCUT2D eigenvalue weighted by Gasteiger charge is -2.31. The van der Waals surface area contributed by atoms with Gasteiger partial charge in [0.05, 0.1) is 11.7 Å². The van der Waals surface area contributed by atoms with E-state index in [9.17, 15) is 10.2 Å². The van der Waals surface area contributed by atoms with E-state index in [1.54, 1.807) is 0 Å². The van der Waals surface area contributed by atoms with Gasteiger partial charge < -0.3 is 15.9 Å². The second kappa shape index (κ2) is 7.21. The van der Waals surface area contributed by atoms with Crippen LogP contribution in [0.5, 0.6) is 0 Å². The Balaban J connectivity index is 2.19. The second-order valence-corrected chi connectivity index (χ2v) is 6.02. The minimum atomic E-state index is -0.723. The summed E-state index contributed by atoms with van der Waals surface area (Å²) in [5.74, 6) is 0. The first kappa shape index (κ1) is 15.5. The molecule has 0 aliphatic heterocycles. The SMILES string of the molecule is NCCC(O)c1cccc(C2(O)CCCCCCC2)c1. The molecule has 1 unspecified atom stereocenters. The maximum atomic E-state index is 11.0.